The highest BCUT2D eigenvalue weighted by atomic mass is 35.5. The molecule has 0 spiro atoms. The monoisotopic (exact) mass is 213 g/mol. The quantitative estimate of drug-likeness (QED) is 0.780. The summed E-state index contributed by atoms with van der Waals surface area (Å²) in [6.45, 7) is 0. The second kappa shape index (κ2) is 3.81. The number of hydrogen-bond acceptors (Lipinski definition) is 2. The van der Waals surface area contributed by atoms with Gasteiger partial charge in [-0.2, -0.15) is 0 Å². The summed E-state index contributed by atoms with van der Waals surface area (Å²) in [4.78, 5) is 4.09. The van der Waals surface area contributed by atoms with Gasteiger partial charge in [0, 0.05) is 13.0 Å². The SMILES string of the molecule is Cn1c(N)nc(Cl)c1C1CCCCC1. The summed E-state index contributed by atoms with van der Waals surface area (Å²) in [5.74, 6) is 1.08. The van der Waals surface area contributed by atoms with Crippen molar-refractivity contribution in [1.29, 1.82) is 0 Å². The van der Waals surface area contributed by atoms with Crippen LogP contribution in [0.15, 0.2) is 0 Å². The Labute approximate surface area is 89.3 Å². The van der Waals surface area contributed by atoms with Crippen LogP contribution in [0.3, 0.4) is 0 Å². The maximum Gasteiger partial charge on any atom is 0.201 e. The van der Waals surface area contributed by atoms with Crippen molar-refractivity contribution >= 4 is 17.5 Å². The summed E-state index contributed by atoms with van der Waals surface area (Å²) in [6.07, 6.45) is 6.39. The summed E-state index contributed by atoms with van der Waals surface area (Å²) in [7, 11) is 1.94. The van der Waals surface area contributed by atoms with Gasteiger partial charge in [-0.15, -0.1) is 0 Å². The number of hydrogen-bond donors (Lipinski definition) is 1. The van der Waals surface area contributed by atoms with Gasteiger partial charge in [-0.25, -0.2) is 4.98 Å². The number of rotatable bonds is 1. The molecule has 0 bridgehead atoms. The van der Waals surface area contributed by atoms with Crippen molar-refractivity contribution in [3.05, 3.63) is 10.8 Å². The van der Waals surface area contributed by atoms with Crippen LogP contribution in [-0.2, 0) is 7.05 Å². The molecule has 0 atom stereocenters. The fourth-order valence-electron chi connectivity index (χ4n) is 2.31. The molecule has 78 valence electrons. The second-order valence-corrected chi connectivity index (χ2v) is 4.40. The van der Waals surface area contributed by atoms with E-state index in [1.807, 2.05) is 11.6 Å². The first kappa shape index (κ1) is 9.84. The van der Waals surface area contributed by atoms with Crippen LogP contribution >= 0.6 is 11.6 Å². The van der Waals surface area contributed by atoms with Crippen molar-refractivity contribution in [2.75, 3.05) is 5.73 Å². The van der Waals surface area contributed by atoms with Gasteiger partial charge in [-0.1, -0.05) is 30.9 Å². The molecular formula is C10H16ClN3. The van der Waals surface area contributed by atoms with E-state index in [1.165, 1.54) is 32.1 Å². The van der Waals surface area contributed by atoms with Crippen LogP contribution in [0.1, 0.15) is 43.7 Å². The molecule has 0 saturated heterocycles. The van der Waals surface area contributed by atoms with Crippen molar-refractivity contribution in [2.24, 2.45) is 7.05 Å². The Morgan fingerprint density at radius 3 is 2.50 bits per heavy atom. The largest absolute Gasteiger partial charge is 0.369 e. The van der Waals surface area contributed by atoms with E-state index in [0.29, 0.717) is 17.0 Å². The molecule has 0 amide bonds. The summed E-state index contributed by atoms with van der Waals surface area (Å²) < 4.78 is 1.93. The van der Waals surface area contributed by atoms with Gasteiger partial charge < -0.3 is 10.3 Å². The van der Waals surface area contributed by atoms with E-state index in [1.54, 1.807) is 0 Å². The Kier molecular flexibility index (Phi) is 2.68. The average molecular weight is 214 g/mol. The van der Waals surface area contributed by atoms with E-state index in [4.69, 9.17) is 17.3 Å². The minimum atomic E-state index is 0.524. The molecule has 1 aliphatic carbocycles. The lowest BCUT2D eigenvalue weighted by Gasteiger charge is -2.22. The van der Waals surface area contributed by atoms with Gasteiger partial charge in [-0.05, 0) is 12.8 Å². The molecule has 1 heterocycles. The lowest BCUT2D eigenvalue weighted by molar-refractivity contribution is 0.430. The summed E-state index contributed by atoms with van der Waals surface area (Å²) in [5, 5.41) is 0.594. The Balaban J connectivity index is 2.29. The van der Waals surface area contributed by atoms with Gasteiger partial charge in [0.05, 0.1) is 5.69 Å². The fraction of sp³-hybridized carbons (Fsp3) is 0.700. The van der Waals surface area contributed by atoms with Crippen LogP contribution in [0.4, 0.5) is 5.95 Å². The van der Waals surface area contributed by atoms with Crippen LogP contribution in [0, 0.1) is 0 Å². The molecule has 0 aromatic carbocycles. The molecule has 4 heteroatoms. The van der Waals surface area contributed by atoms with Gasteiger partial charge in [0.25, 0.3) is 0 Å². The number of imidazole rings is 1. The molecule has 1 aromatic rings. The molecule has 1 aromatic heterocycles. The molecule has 14 heavy (non-hydrogen) atoms. The minimum Gasteiger partial charge on any atom is -0.369 e. The van der Waals surface area contributed by atoms with Crippen LogP contribution in [-0.4, -0.2) is 9.55 Å². The molecule has 1 saturated carbocycles. The zero-order valence-electron chi connectivity index (χ0n) is 8.46. The molecule has 0 unspecified atom stereocenters. The van der Waals surface area contributed by atoms with Gasteiger partial charge in [0.15, 0.2) is 5.15 Å². The number of nitrogen functional groups attached to an aromatic ring is 1. The maximum absolute atomic E-state index is 6.07. The molecule has 2 N–H and O–H groups in total. The van der Waals surface area contributed by atoms with Crippen LogP contribution in [0.2, 0.25) is 5.15 Å². The third-order valence-corrected chi connectivity index (χ3v) is 3.40. The van der Waals surface area contributed by atoms with Crippen LogP contribution < -0.4 is 5.73 Å². The molecule has 2 rings (SSSR count). The second-order valence-electron chi connectivity index (χ2n) is 4.04. The zero-order chi connectivity index (χ0) is 10.1. The number of halogens is 1. The van der Waals surface area contributed by atoms with Crippen LogP contribution in [0.25, 0.3) is 0 Å². The number of anilines is 1. The lowest BCUT2D eigenvalue weighted by atomic mass is 9.87. The van der Waals surface area contributed by atoms with Crippen LogP contribution in [0.5, 0.6) is 0 Å². The minimum absolute atomic E-state index is 0.524. The molecule has 0 radical (unpaired) electrons. The third kappa shape index (κ3) is 1.61. The first-order chi connectivity index (χ1) is 6.70. The third-order valence-electron chi connectivity index (χ3n) is 3.12. The first-order valence-electron chi connectivity index (χ1n) is 5.17. The Hall–Kier alpha value is -0.700. The Bertz CT molecular complexity index is 326. The van der Waals surface area contributed by atoms with E-state index in [9.17, 15) is 0 Å². The van der Waals surface area contributed by atoms with Gasteiger partial charge in [0.2, 0.25) is 5.95 Å². The van der Waals surface area contributed by atoms with Gasteiger partial charge >= 0.3 is 0 Å². The van der Waals surface area contributed by atoms with E-state index < -0.39 is 0 Å². The highest BCUT2D eigenvalue weighted by Gasteiger charge is 2.22. The van der Waals surface area contributed by atoms with Crippen molar-refractivity contribution < 1.29 is 0 Å². The smallest absolute Gasteiger partial charge is 0.201 e. The maximum atomic E-state index is 6.07. The normalized spacial score (nSPS) is 18.7. The molecule has 3 nitrogen and oxygen atoms in total. The average Bonchev–Trinajstić information content (AvgIpc) is 2.43. The topological polar surface area (TPSA) is 43.8 Å². The molecular weight excluding hydrogens is 198 g/mol. The number of nitrogens with two attached hydrogens (primary N) is 1. The van der Waals surface area contributed by atoms with Crippen molar-refractivity contribution in [2.45, 2.75) is 38.0 Å². The van der Waals surface area contributed by atoms with E-state index in [2.05, 4.69) is 4.98 Å². The van der Waals surface area contributed by atoms with Crippen molar-refractivity contribution in [1.82, 2.24) is 9.55 Å². The summed E-state index contributed by atoms with van der Waals surface area (Å²) in [6, 6.07) is 0. The van der Waals surface area contributed by atoms with Crippen molar-refractivity contribution in [3.8, 4) is 0 Å². The summed E-state index contributed by atoms with van der Waals surface area (Å²) in [5.41, 5.74) is 6.84. The standard InChI is InChI=1S/C10H16ClN3/c1-14-8(9(11)13-10(14)12)7-5-3-2-4-6-7/h7H,2-6H2,1H3,(H2,12,13). The highest BCUT2D eigenvalue weighted by molar-refractivity contribution is 6.30. The molecule has 1 fully saturated rings. The predicted octanol–water partition coefficient (Wildman–Crippen LogP) is 2.70. The molecule has 0 aliphatic heterocycles. The fourth-order valence-corrected chi connectivity index (χ4v) is 2.68. The Morgan fingerprint density at radius 2 is 2.00 bits per heavy atom. The van der Waals surface area contributed by atoms with Gasteiger partial charge in [0.1, 0.15) is 0 Å². The lowest BCUT2D eigenvalue weighted by Crippen LogP contribution is -2.10. The number of nitrogens with zero attached hydrogens (tertiary/aromatic N) is 2. The predicted molar refractivity (Wildman–Crippen MR) is 58.5 cm³/mol. The Morgan fingerprint density at radius 1 is 1.36 bits per heavy atom. The summed E-state index contributed by atoms with van der Waals surface area (Å²) >= 11 is 6.07. The van der Waals surface area contributed by atoms with Gasteiger partial charge in [-0.3, -0.25) is 0 Å². The van der Waals surface area contributed by atoms with E-state index in [0.717, 1.165) is 5.69 Å². The first-order valence-corrected chi connectivity index (χ1v) is 5.55. The van der Waals surface area contributed by atoms with Crippen molar-refractivity contribution in [3.63, 3.8) is 0 Å². The number of aromatic nitrogens is 2. The van der Waals surface area contributed by atoms with E-state index in [-0.39, 0.29) is 0 Å². The van der Waals surface area contributed by atoms with E-state index >= 15 is 0 Å². The molecule has 1 aliphatic rings. The zero-order valence-corrected chi connectivity index (χ0v) is 9.22. The highest BCUT2D eigenvalue weighted by Crippen LogP contribution is 2.36.